The van der Waals surface area contributed by atoms with Crippen LogP contribution in [0.15, 0.2) is 11.4 Å². The lowest BCUT2D eigenvalue weighted by Crippen LogP contribution is -2.28. The minimum absolute atomic E-state index is 0.0574. The minimum Gasteiger partial charge on any atom is -0.351 e. The number of alkyl halides is 1. The summed E-state index contributed by atoms with van der Waals surface area (Å²) in [5.74, 6) is -0.129. The highest BCUT2D eigenvalue weighted by Crippen LogP contribution is 2.19. The highest BCUT2D eigenvalue weighted by atomic mass is 35.5. The number of halogens is 2. The van der Waals surface area contributed by atoms with Crippen molar-refractivity contribution in [2.45, 2.75) is 12.3 Å². The summed E-state index contributed by atoms with van der Waals surface area (Å²) in [6.45, 7) is 2.29. The first kappa shape index (κ1) is 10.8. The third-order valence-corrected chi connectivity index (χ3v) is 2.62. The monoisotopic (exact) mass is 237 g/mol. The zero-order valence-corrected chi connectivity index (χ0v) is 9.34. The molecule has 1 heterocycles. The molecule has 0 aromatic carbocycles. The van der Waals surface area contributed by atoms with Crippen molar-refractivity contribution in [2.75, 3.05) is 6.54 Å². The number of hydrogen-bond acceptors (Lipinski definition) is 2. The van der Waals surface area contributed by atoms with Gasteiger partial charge in [0.05, 0.1) is 9.90 Å². The highest BCUT2D eigenvalue weighted by molar-refractivity contribution is 7.14. The zero-order valence-electron chi connectivity index (χ0n) is 7.01. The van der Waals surface area contributed by atoms with Gasteiger partial charge >= 0.3 is 0 Å². The molecule has 1 unspecified atom stereocenters. The maximum Gasteiger partial charge on any atom is 0.252 e. The molecule has 0 radical (unpaired) electrons. The summed E-state index contributed by atoms with van der Waals surface area (Å²) in [7, 11) is 0. The van der Waals surface area contributed by atoms with E-state index in [-0.39, 0.29) is 11.3 Å². The maximum absolute atomic E-state index is 11.3. The molecule has 72 valence electrons. The molecule has 0 aliphatic rings. The predicted molar refractivity (Wildman–Crippen MR) is 57.0 cm³/mol. The fourth-order valence-electron chi connectivity index (χ4n) is 0.765. The third kappa shape index (κ3) is 3.55. The number of hydrogen-bond donors (Lipinski definition) is 1. The van der Waals surface area contributed by atoms with Crippen molar-refractivity contribution >= 4 is 40.4 Å². The van der Waals surface area contributed by atoms with Crippen LogP contribution >= 0.6 is 34.5 Å². The van der Waals surface area contributed by atoms with E-state index in [0.29, 0.717) is 16.4 Å². The van der Waals surface area contributed by atoms with Crippen LogP contribution in [0.5, 0.6) is 0 Å². The summed E-state index contributed by atoms with van der Waals surface area (Å²) in [6.07, 6.45) is 0. The lowest BCUT2D eigenvalue weighted by atomic mass is 10.3. The summed E-state index contributed by atoms with van der Waals surface area (Å²) in [5, 5.41) is 4.35. The van der Waals surface area contributed by atoms with Gasteiger partial charge in [-0.3, -0.25) is 4.79 Å². The smallest absolute Gasteiger partial charge is 0.252 e. The second-order valence-electron chi connectivity index (χ2n) is 2.63. The molecule has 1 aromatic heterocycles. The molecule has 1 N–H and O–H groups in total. The first-order valence-corrected chi connectivity index (χ1v) is 5.45. The number of amides is 1. The maximum atomic E-state index is 11.3. The van der Waals surface area contributed by atoms with E-state index < -0.39 is 0 Å². The summed E-state index contributed by atoms with van der Waals surface area (Å²) in [5.41, 5.74) is 0.590. The van der Waals surface area contributed by atoms with E-state index >= 15 is 0 Å². The standard InChI is InChI=1S/C8H9Cl2NOS/c1-5(9)3-11-8(12)6-2-7(10)13-4-6/h2,4-5H,3H2,1H3,(H,11,12). The predicted octanol–water partition coefficient (Wildman–Crippen LogP) is 2.76. The molecule has 0 saturated carbocycles. The van der Waals surface area contributed by atoms with Crippen LogP contribution in [0, 0.1) is 0 Å². The molecule has 0 saturated heterocycles. The molecule has 1 rings (SSSR count). The van der Waals surface area contributed by atoms with Crippen molar-refractivity contribution in [1.29, 1.82) is 0 Å². The molecule has 5 heteroatoms. The molecule has 0 spiro atoms. The first-order valence-electron chi connectivity index (χ1n) is 3.76. The van der Waals surface area contributed by atoms with E-state index in [9.17, 15) is 4.79 Å². The zero-order chi connectivity index (χ0) is 9.84. The van der Waals surface area contributed by atoms with Crippen molar-refractivity contribution in [3.8, 4) is 0 Å². The molecule has 2 nitrogen and oxygen atoms in total. The van der Waals surface area contributed by atoms with Crippen LogP contribution in [0.4, 0.5) is 0 Å². The van der Waals surface area contributed by atoms with Gasteiger partial charge in [0.2, 0.25) is 0 Å². The molecular formula is C8H9Cl2NOS. The van der Waals surface area contributed by atoms with Crippen molar-refractivity contribution in [1.82, 2.24) is 5.32 Å². The van der Waals surface area contributed by atoms with Gasteiger partial charge < -0.3 is 5.32 Å². The summed E-state index contributed by atoms with van der Waals surface area (Å²) in [6, 6.07) is 1.64. The number of carbonyl (C=O) groups excluding carboxylic acids is 1. The van der Waals surface area contributed by atoms with E-state index in [1.807, 2.05) is 6.92 Å². The van der Waals surface area contributed by atoms with Gasteiger partial charge in [-0.25, -0.2) is 0 Å². The van der Waals surface area contributed by atoms with E-state index in [1.54, 1.807) is 11.4 Å². The van der Waals surface area contributed by atoms with E-state index in [4.69, 9.17) is 23.2 Å². The molecule has 1 amide bonds. The number of thiophene rings is 1. The molecule has 0 aliphatic carbocycles. The van der Waals surface area contributed by atoms with Gasteiger partial charge in [0.1, 0.15) is 0 Å². The van der Waals surface area contributed by atoms with Gasteiger partial charge in [0.15, 0.2) is 0 Å². The lowest BCUT2D eigenvalue weighted by molar-refractivity contribution is 0.0954. The second-order valence-corrected chi connectivity index (χ2v) is 4.92. The Bertz CT molecular complexity index is 298. The molecule has 0 fully saturated rings. The Labute approximate surface area is 90.8 Å². The fraction of sp³-hybridized carbons (Fsp3) is 0.375. The van der Waals surface area contributed by atoms with Crippen LogP contribution in [0.1, 0.15) is 17.3 Å². The quantitative estimate of drug-likeness (QED) is 0.806. The summed E-state index contributed by atoms with van der Waals surface area (Å²) >= 11 is 12.7. The molecule has 1 atom stereocenters. The fourth-order valence-corrected chi connectivity index (χ4v) is 1.70. The highest BCUT2D eigenvalue weighted by Gasteiger charge is 2.07. The number of nitrogens with one attached hydrogen (secondary N) is 1. The average molecular weight is 238 g/mol. The van der Waals surface area contributed by atoms with Gasteiger partial charge in [-0.05, 0) is 13.0 Å². The Kier molecular flexibility index (Phi) is 4.03. The van der Waals surface area contributed by atoms with Crippen LogP contribution in [0.2, 0.25) is 4.34 Å². The topological polar surface area (TPSA) is 29.1 Å². The number of carbonyl (C=O) groups is 1. The molecular weight excluding hydrogens is 229 g/mol. The Hall–Kier alpha value is -0.250. The number of rotatable bonds is 3. The van der Waals surface area contributed by atoms with Gasteiger partial charge in [-0.1, -0.05) is 11.6 Å². The largest absolute Gasteiger partial charge is 0.351 e. The van der Waals surface area contributed by atoms with Gasteiger partial charge in [-0.2, -0.15) is 0 Å². The second kappa shape index (κ2) is 4.84. The average Bonchev–Trinajstić information content (AvgIpc) is 2.47. The lowest BCUT2D eigenvalue weighted by Gasteiger charge is -2.03. The van der Waals surface area contributed by atoms with E-state index in [2.05, 4.69) is 5.32 Å². The SMILES string of the molecule is CC(Cl)CNC(=O)c1csc(Cl)c1. The van der Waals surface area contributed by atoms with Crippen LogP contribution in [0.3, 0.4) is 0 Å². The molecule has 0 bridgehead atoms. The van der Waals surface area contributed by atoms with Crippen LogP contribution in [-0.4, -0.2) is 17.8 Å². The normalized spacial score (nSPS) is 12.5. The Balaban J connectivity index is 2.49. The summed E-state index contributed by atoms with van der Waals surface area (Å²) < 4.78 is 0.615. The van der Waals surface area contributed by atoms with Crippen molar-refractivity contribution in [2.24, 2.45) is 0 Å². The van der Waals surface area contributed by atoms with E-state index in [0.717, 1.165) is 0 Å². The Morgan fingerprint density at radius 2 is 2.46 bits per heavy atom. The van der Waals surface area contributed by atoms with Crippen molar-refractivity contribution in [3.05, 3.63) is 21.3 Å². The van der Waals surface area contributed by atoms with Crippen LogP contribution < -0.4 is 5.32 Å². The summed E-state index contributed by atoms with van der Waals surface area (Å²) in [4.78, 5) is 11.3. The minimum atomic E-state index is -0.129. The molecule has 13 heavy (non-hydrogen) atoms. The van der Waals surface area contributed by atoms with Gasteiger partial charge in [-0.15, -0.1) is 22.9 Å². The van der Waals surface area contributed by atoms with E-state index in [1.165, 1.54) is 11.3 Å². The van der Waals surface area contributed by atoms with Gasteiger partial charge in [0.25, 0.3) is 5.91 Å². The Morgan fingerprint density at radius 3 is 2.92 bits per heavy atom. The van der Waals surface area contributed by atoms with Crippen molar-refractivity contribution in [3.63, 3.8) is 0 Å². The Morgan fingerprint density at radius 1 is 1.77 bits per heavy atom. The molecule has 1 aromatic rings. The van der Waals surface area contributed by atoms with Crippen LogP contribution in [0.25, 0.3) is 0 Å². The van der Waals surface area contributed by atoms with Gasteiger partial charge in [0, 0.05) is 17.3 Å². The van der Waals surface area contributed by atoms with Crippen LogP contribution in [-0.2, 0) is 0 Å². The first-order chi connectivity index (χ1) is 6.09. The van der Waals surface area contributed by atoms with Crippen molar-refractivity contribution < 1.29 is 4.79 Å². The molecule has 0 aliphatic heterocycles. The third-order valence-electron chi connectivity index (χ3n) is 1.37.